The summed E-state index contributed by atoms with van der Waals surface area (Å²) in [6, 6.07) is 1.57. The molecule has 0 aliphatic heterocycles. The smallest absolute Gasteiger partial charge is 0.253 e. The summed E-state index contributed by atoms with van der Waals surface area (Å²) in [7, 11) is 0. The second-order valence-corrected chi connectivity index (χ2v) is 5.31. The highest BCUT2D eigenvalue weighted by molar-refractivity contribution is 5.99. The molecule has 0 aromatic heterocycles. The van der Waals surface area contributed by atoms with Crippen LogP contribution >= 0.6 is 0 Å². The second kappa shape index (κ2) is 5.75. The molecule has 1 amide bonds. The number of nitrogens with one attached hydrogen (secondary N) is 1. The van der Waals surface area contributed by atoms with E-state index in [4.69, 9.17) is 5.73 Å². The molecule has 1 aromatic rings. The van der Waals surface area contributed by atoms with Gasteiger partial charge >= 0.3 is 0 Å². The largest absolute Gasteiger partial charge is 0.398 e. The summed E-state index contributed by atoms with van der Waals surface area (Å²) in [5.41, 5.74) is 4.63. The Morgan fingerprint density at radius 1 is 1.25 bits per heavy atom. The minimum absolute atomic E-state index is 0.109. The number of aliphatic hydroxyl groups excluding tert-OH is 1. The lowest BCUT2D eigenvalue weighted by molar-refractivity contribution is 0.0759. The van der Waals surface area contributed by atoms with Gasteiger partial charge in [0.1, 0.15) is 0 Å². The number of hydrogen-bond donors (Lipinski definition) is 3. The van der Waals surface area contributed by atoms with Crippen molar-refractivity contribution in [2.75, 3.05) is 12.3 Å². The zero-order valence-corrected chi connectivity index (χ0v) is 11.1. The van der Waals surface area contributed by atoms with Gasteiger partial charge in [-0.15, -0.1) is 0 Å². The molecule has 2 rings (SSSR count). The number of nitrogens with two attached hydrogens (primary N) is 1. The van der Waals surface area contributed by atoms with Crippen LogP contribution in [0.5, 0.6) is 0 Å². The highest BCUT2D eigenvalue weighted by atomic mass is 19.2. The molecule has 1 aliphatic carbocycles. The molecule has 20 heavy (non-hydrogen) atoms. The Bertz CT molecular complexity index is 514. The Morgan fingerprint density at radius 2 is 1.85 bits per heavy atom. The Balaban J connectivity index is 2.21. The van der Waals surface area contributed by atoms with Gasteiger partial charge in [0.2, 0.25) is 0 Å². The zero-order chi connectivity index (χ0) is 14.8. The molecule has 0 heterocycles. The van der Waals surface area contributed by atoms with Gasteiger partial charge in [-0.05, 0) is 18.9 Å². The van der Waals surface area contributed by atoms with Gasteiger partial charge in [0.05, 0.1) is 17.7 Å². The number of amides is 1. The van der Waals surface area contributed by atoms with E-state index in [0.29, 0.717) is 12.8 Å². The van der Waals surface area contributed by atoms with Crippen molar-refractivity contribution in [3.63, 3.8) is 0 Å². The molecule has 0 spiro atoms. The normalized spacial score (nSPS) is 17.8. The topological polar surface area (TPSA) is 75.4 Å². The first kappa shape index (κ1) is 14.7. The number of rotatable bonds is 3. The number of aliphatic hydroxyl groups is 1. The third-order valence-electron chi connectivity index (χ3n) is 3.83. The molecule has 1 saturated carbocycles. The van der Waals surface area contributed by atoms with Crippen LogP contribution in [0.25, 0.3) is 0 Å². The Kier molecular flexibility index (Phi) is 4.23. The van der Waals surface area contributed by atoms with Gasteiger partial charge in [-0.3, -0.25) is 4.79 Å². The van der Waals surface area contributed by atoms with Crippen LogP contribution in [0, 0.1) is 11.6 Å². The fourth-order valence-electron chi connectivity index (χ4n) is 2.62. The fourth-order valence-corrected chi connectivity index (χ4v) is 2.62. The average molecular weight is 284 g/mol. The van der Waals surface area contributed by atoms with Crippen LogP contribution in [-0.4, -0.2) is 23.2 Å². The number of hydrogen-bond acceptors (Lipinski definition) is 3. The summed E-state index contributed by atoms with van der Waals surface area (Å²) >= 11 is 0. The lowest BCUT2D eigenvalue weighted by Gasteiger charge is -2.36. The third-order valence-corrected chi connectivity index (χ3v) is 3.83. The summed E-state index contributed by atoms with van der Waals surface area (Å²) in [5.74, 6) is -2.79. The van der Waals surface area contributed by atoms with Crippen LogP contribution < -0.4 is 11.1 Å². The van der Waals surface area contributed by atoms with E-state index < -0.39 is 23.1 Å². The van der Waals surface area contributed by atoms with Gasteiger partial charge < -0.3 is 16.2 Å². The van der Waals surface area contributed by atoms with Crippen molar-refractivity contribution in [3.05, 3.63) is 29.3 Å². The van der Waals surface area contributed by atoms with Crippen LogP contribution in [0.3, 0.4) is 0 Å². The molecule has 1 fully saturated rings. The first-order chi connectivity index (χ1) is 9.47. The zero-order valence-electron chi connectivity index (χ0n) is 11.1. The number of anilines is 1. The maximum Gasteiger partial charge on any atom is 0.253 e. The van der Waals surface area contributed by atoms with Crippen LogP contribution in [0.1, 0.15) is 42.5 Å². The maximum absolute atomic E-state index is 13.2. The molecular weight excluding hydrogens is 266 g/mol. The molecule has 0 bridgehead atoms. The van der Waals surface area contributed by atoms with Gasteiger partial charge in [0.15, 0.2) is 11.6 Å². The van der Waals surface area contributed by atoms with E-state index in [1.165, 1.54) is 0 Å². The van der Waals surface area contributed by atoms with Crippen molar-refractivity contribution in [1.82, 2.24) is 5.32 Å². The van der Waals surface area contributed by atoms with E-state index in [9.17, 15) is 18.7 Å². The van der Waals surface area contributed by atoms with Gasteiger partial charge in [0, 0.05) is 11.8 Å². The van der Waals surface area contributed by atoms with E-state index in [-0.39, 0.29) is 17.9 Å². The van der Waals surface area contributed by atoms with E-state index in [0.717, 1.165) is 31.4 Å². The van der Waals surface area contributed by atoms with Crippen LogP contribution in [0.15, 0.2) is 12.1 Å². The second-order valence-electron chi connectivity index (χ2n) is 5.31. The molecular formula is C14H18F2N2O2. The molecule has 1 aromatic carbocycles. The van der Waals surface area contributed by atoms with Crippen LogP contribution in [0.4, 0.5) is 14.5 Å². The molecule has 0 atom stereocenters. The predicted molar refractivity (Wildman–Crippen MR) is 71.1 cm³/mol. The van der Waals surface area contributed by atoms with Gasteiger partial charge in [0.25, 0.3) is 5.91 Å². The Hall–Kier alpha value is -1.69. The van der Waals surface area contributed by atoms with Crippen LogP contribution in [-0.2, 0) is 0 Å². The highest BCUT2D eigenvalue weighted by Gasteiger charge is 2.33. The monoisotopic (exact) mass is 284 g/mol. The SMILES string of the molecule is Nc1cc(F)c(F)cc1C(=O)NC1(CO)CCCCC1. The first-order valence-corrected chi connectivity index (χ1v) is 6.65. The number of carbonyl (C=O) groups excluding carboxylic acids is 1. The maximum atomic E-state index is 13.2. The third kappa shape index (κ3) is 2.90. The minimum Gasteiger partial charge on any atom is -0.398 e. The van der Waals surface area contributed by atoms with Crippen molar-refractivity contribution < 1.29 is 18.7 Å². The summed E-state index contributed by atoms with van der Waals surface area (Å²) in [6.07, 6.45) is 4.21. The van der Waals surface area contributed by atoms with Gasteiger partial charge in [-0.2, -0.15) is 0 Å². The first-order valence-electron chi connectivity index (χ1n) is 6.65. The molecule has 0 unspecified atom stereocenters. The molecule has 0 radical (unpaired) electrons. The number of halogens is 2. The lowest BCUT2D eigenvalue weighted by Crippen LogP contribution is -2.52. The molecule has 4 N–H and O–H groups in total. The highest BCUT2D eigenvalue weighted by Crippen LogP contribution is 2.28. The van der Waals surface area contributed by atoms with Crippen molar-refractivity contribution in [2.45, 2.75) is 37.6 Å². The van der Waals surface area contributed by atoms with Crippen molar-refractivity contribution in [2.24, 2.45) is 0 Å². The van der Waals surface area contributed by atoms with Gasteiger partial charge in [-0.25, -0.2) is 8.78 Å². The fraction of sp³-hybridized carbons (Fsp3) is 0.500. The quantitative estimate of drug-likeness (QED) is 0.743. The Labute approximate surface area is 116 Å². The van der Waals surface area contributed by atoms with Crippen molar-refractivity contribution >= 4 is 11.6 Å². The molecule has 4 nitrogen and oxygen atoms in total. The van der Waals surface area contributed by atoms with Crippen LogP contribution in [0.2, 0.25) is 0 Å². The minimum atomic E-state index is -1.12. The molecule has 1 aliphatic rings. The van der Waals surface area contributed by atoms with E-state index in [2.05, 4.69) is 5.32 Å². The number of nitrogen functional groups attached to an aromatic ring is 1. The summed E-state index contributed by atoms with van der Waals surface area (Å²) in [5, 5.41) is 12.3. The summed E-state index contributed by atoms with van der Waals surface area (Å²) < 4.78 is 26.2. The standard InChI is InChI=1S/C14H18F2N2O2/c15-10-6-9(12(17)7-11(10)16)13(20)18-14(8-19)4-2-1-3-5-14/h6-7,19H,1-5,8,17H2,(H,18,20). The number of benzene rings is 1. The lowest BCUT2D eigenvalue weighted by atomic mass is 9.82. The average Bonchev–Trinajstić information content (AvgIpc) is 2.43. The molecule has 6 heteroatoms. The van der Waals surface area contributed by atoms with Crippen molar-refractivity contribution in [1.29, 1.82) is 0 Å². The molecule has 0 saturated heterocycles. The van der Waals surface area contributed by atoms with Gasteiger partial charge in [-0.1, -0.05) is 19.3 Å². The number of carbonyl (C=O) groups is 1. The van der Waals surface area contributed by atoms with E-state index in [1.54, 1.807) is 0 Å². The van der Waals surface area contributed by atoms with Crippen molar-refractivity contribution in [3.8, 4) is 0 Å². The predicted octanol–water partition coefficient (Wildman–Crippen LogP) is 1.97. The van der Waals surface area contributed by atoms with E-state index >= 15 is 0 Å². The van der Waals surface area contributed by atoms with E-state index in [1.807, 2.05) is 0 Å². The Morgan fingerprint density at radius 3 is 2.45 bits per heavy atom. The summed E-state index contributed by atoms with van der Waals surface area (Å²) in [6.45, 7) is -0.178. The molecule has 110 valence electrons. The summed E-state index contributed by atoms with van der Waals surface area (Å²) in [4.78, 5) is 12.2.